The zero-order valence-electron chi connectivity index (χ0n) is 15.4. The van der Waals surface area contributed by atoms with E-state index in [2.05, 4.69) is 9.71 Å². The average Bonchev–Trinajstić information content (AvgIpc) is 3.25. The summed E-state index contributed by atoms with van der Waals surface area (Å²) in [6.07, 6.45) is 3.84. The summed E-state index contributed by atoms with van der Waals surface area (Å²) in [4.78, 5) is 18.5. The molecule has 0 aliphatic heterocycles. The largest absolute Gasteiger partial charge is 0.468 e. The van der Waals surface area contributed by atoms with Crippen molar-refractivity contribution in [1.29, 1.82) is 0 Å². The molecule has 0 radical (unpaired) electrons. The molecule has 0 saturated heterocycles. The molecular formula is C20H21N3O4S. The van der Waals surface area contributed by atoms with E-state index in [0.717, 1.165) is 5.69 Å². The second-order valence-electron chi connectivity index (χ2n) is 6.23. The van der Waals surface area contributed by atoms with Crippen molar-refractivity contribution >= 4 is 15.9 Å². The number of benzene rings is 1. The van der Waals surface area contributed by atoms with Crippen molar-refractivity contribution in [3.63, 3.8) is 0 Å². The Balaban J connectivity index is 1.60. The van der Waals surface area contributed by atoms with Gasteiger partial charge in [0, 0.05) is 37.5 Å². The molecule has 2 aromatic heterocycles. The minimum absolute atomic E-state index is 0.0618. The topological polar surface area (TPSA) is 92.5 Å². The Labute approximate surface area is 164 Å². The van der Waals surface area contributed by atoms with E-state index in [9.17, 15) is 13.2 Å². The molecular weight excluding hydrogens is 378 g/mol. The zero-order valence-corrected chi connectivity index (χ0v) is 16.2. The number of hydrogen-bond acceptors (Lipinski definition) is 5. The zero-order chi connectivity index (χ0) is 20.0. The van der Waals surface area contributed by atoms with E-state index in [0.29, 0.717) is 24.3 Å². The number of sulfonamides is 1. The first-order valence-corrected chi connectivity index (χ1v) is 10.2. The number of nitrogens with zero attached hydrogens (tertiary/aromatic N) is 2. The van der Waals surface area contributed by atoms with Gasteiger partial charge in [0.05, 0.1) is 17.7 Å². The van der Waals surface area contributed by atoms with Gasteiger partial charge in [0.1, 0.15) is 5.76 Å². The third kappa shape index (κ3) is 5.05. The van der Waals surface area contributed by atoms with Gasteiger partial charge in [0.15, 0.2) is 0 Å². The van der Waals surface area contributed by atoms with Gasteiger partial charge in [-0.15, -0.1) is 0 Å². The molecule has 0 atom stereocenters. The Morgan fingerprint density at radius 1 is 1.11 bits per heavy atom. The molecule has 8 heteroatoms. The van der Waals surface area contributed by atoms with Crippen LogP contribution in [0.4, 0.5) is 0 Å². The van der Waals surface area contributed by atoms with E-state index in [4.69, 9.17) is 4.42 Å². The van der Waals surface area contributed by atoms with Gasteiger partial charge in [0.2, 0.25) is 10.0 Å². The maximum absolute atomic E-state index is 12.5. The van der Waals surface area contributed by atoms with Crippen LogP contribution in [0.2, 0.25) is 0 Å². The Morgan fingerprint density at radius 2 is 1.89 bits per heavy atom. The van der Waals surface area contributed by atoms with Crippen molar-refractivity contribution in [3.05, 3.63) is 84.1 Å². The molecule has 0 aliphatic carbocycles. The number of rotatable bonds is 8. The third-order valence-corrected chi connectivity index (χ3v) is 5.62. The third-order valence-electron chi connectivity index (χ3n) is 4.20. The normalized spacial score (nSPS) is 11.3. The van der Waals surface area contributed by atoms with Crippen LogP contribution in [-0.4, -0.2) is 37.8 Å². The van der Waals surface area contributed by atoms with Crippen LogP contribution in [0, 0.1) is 0 Å². The lowest BCUT2D eigenvalue weighted by Gasteiger charge is -2.17. The van der Waals surface area contributed by atoms with Gasteiger partial charge >= 0.3 is 0 Å². The Bertz CT molecular complexity index is 1000. The van der Waals surface area contributed by atoms with Crippen molar-refractivity contribution in [3.8, 4) is 0 Å². The number of carbonyl (C=O) groups is 1. The molecule has 0 aliphatic rings. The van der Waals surface area contributed by atoms with Crippen LogP contribution < -0.4 is 4.72 Å². The first-order valence-electron chi connectivity index (χ1n) is 8.73. The molecule has 0 bridgehead atoms. The van der Waals surface area contributed by atoms with Crippen LogP contribution in [0.15, 0.2) is 76.4 Å². The van der Waals surface area contributed by atoms with E-state index in [1.807, 2.05) is 18.2 Å². The van der Waals surface area contributed by atoms with E-state index in [-0.39, 0.29) is 17.3 Å². The lowest BCUT2D eigenvalue weighted by atomic mass is 10.2. The van der Waals surface area contributed by atoms with Gasteiger partial charge in [-0.2, -0.15) is 0 Å². The summed E-state index contributed by atoms with van der Waals surface area (Å²) >= 11 is 0. The molecule has 2 heterocycles. The summed E-state index contributed by atoms with van der Waals surface area (Å²) in [5.41, 5.74) is 1.33. The number of amides is 1. The van der Waals surface area contributed by atoms with Crippen molar-refractivity contribution in [1.82, 2.24) is 14.6 Å². The number of aromatic nitrogens is 1. The Hall–Kier alpha value is -2.97. The van der Waals surface area contributed by atoms with E-state index < -0.39 is 10.0 Å². The molecule has 0 spiro atoms. The predicted octanol–water partition coefficient (Wildman–Crippen LogP) is 2.47. The monoisotopic (exact) mass is 399 g/mol. The van der Waals surface area contributed by atoms with Crippen molar-refractivity contribution in [2.75, 3.05) is 13.6 Å². The summed E-state index contributed by atoms with van der Waals surface area (Å²) in [7, 11) is -1.98. The molecule has 7 nitrogen and oxygen atoms in total. The van der Waals surface area contributed by atoms with Gasteiger partial charge in [-0.1, -0.05) is 6.07 Å². The quantitative estimate of drug-likeness (QED) is 0.628. The molecule has 146 valence electrons. The SMILES string of the molecule is CN(CCc1ccccn1)C(=O)c1ccc(S(=O)(=O)NCc2ccco2)cc1. The van der Waals surface area contributed by atoms with Crippen molar-refractivity contribution in [2.24, 2.45) is 0 Å². The van der Waals surface area contributed by atoms with Crippen LogP contribution in [0.3, 0.4) is 0 Å². The second kappa shape index (κ2) is 8.81. The van der Waals surface area contributed by atoms with Gasteiger partial charge in [-0.25, -0.2) is 13.1 Å². The molecule has 3 aromatic rings. The summed E-state index contributed by atoms with van der Waals surface area (Å²) in [6, 6.07) is 14.9. The summed E-state index contributed by atoms with van der Waals surface area (Å²) in [6.45, 7) is 0.576. The van der Waals surface area contributed by atoms with Crippen LogP contribution in [0.1, 0.15) is 21.8 Å². The molecule has 1 N–H and O–H groups in total. The van der Waals surface area contributed by atoms with E-state index >= 15 is 0 Å². The van der Waals surface area contributed by atoms with Gasteiger partial charge in [-0.3, -0.25) is 9.78 Å². The summed E-state index contributed by atoms with van der Waals surface area (Å²) in [5.74, 6) is 0.341. The molecule has 3 rings (SSSR count). The van der Waals surface area contributed by atoms with E-state index in [1.165, 1.54) is 30.5 Å². The maximum atomic E-state index is 12.5. The van der Waals surface area contributed by atoms with E-state index in [1.54, 1.807) is 30.3 Å². The van der Waals surface area contributed by atoms with Crippen molar-refractivity contribution < 1.29 is 17.6 Å². The predicted molar refractivity (Wildman–Crippen MR) is 104 cm³/mol. The van der Waals surface area contributed by atoms with Crippen LogP contribution in [-0.2, 0) is 23.0 Å². The second-order valence-corrected chi connectivity index (χ2v) is 7.99. The number of furan rings is 1. The van der Waals surface area contributed by atoms with Gasteiger partial charge < -0.3 is 9.32 Å². The maximum Gasteiger partial charge on any atom is 0.253 e. The van der Waals surface area contributed by atoms with Crippen molar-refractivity contribution in [2.45, 2.75) is 17.9 Å². The molecule has 1 aromatic carbocycles. The average molecular weight is 399 g/mol. The molecule has 0 fully saturated rings. The lowest BCUT2D eigenvalue weighted by Crippen LogP contribution is -2.29. The minimum atomic E-state index is -3.69. The first-order chi connectivity index (χ1) is 13.5. The van der Waals surface area contributed by atoms with Crippen LogP contribution in [0.25, 0.3) is 0 Å². The molecule has 28 heavy (non-hydrogen) atoms. The lowest BCUT2D eigenvalue weighted by molar-refractivity contribution is 0.0796. The minimum Gasteiger partial charge on any atom is -0.468 e. The Kier molecular flexibility index (Phi) is 6.23. The highest BCUT2D eigenvalue weighted by atomic mass is 32.2. The number of nitrogens with one attached hydrogen (secondary N) is 1. The number of hydrogen-bond donors (Lipinski definition) is 1. The Morgan fingerprint density at radius 3 is 2.54 bits per heavy atom. The first kappa shape index (κ1) is 19.8. The standard InChI is InChI=1S/C20H21N3O4S/c1-23(13-11-17-5-2-3-12-21-17)20(24)16-7-9-19(10-8-16)28(25,26)22-15-18-6-4-14-27-18/h2-10,12,14,22H,11,13,15H2,1H3. The fraction of sp³-hybridized carbons (Fsp3) is 0.200. The highest BCUT2D eigenvalue weighted by molar-refractivity contribution is 7.89. The van der Waals surface area contributed by atoms with Gasteiger partial charge in [0.25, 0.3) is 5.91 Å². The highest BCUT2D eigenvalue weighted by Crippen LogP contribution is 2.13. The molecule has 1 amide bonds. The number of pyridine rings is 1. The molecule has 0 saturated carbocycles. The fourth-order valence-corrected chi connectivity index (χ4v) is 3.58. The smallest absolute Gasteiger partial charge is 0.253 e. The summed E-state index contributed by atoms with van der Waals surface area (Å²) < 4.78 is 32.3. The van der Waals surface area contributed by atoms with Gasteiger partial charge in [-0.05, 0) is 48.5 Å². The number of likely N-dealkylation sites (N-methyl/N-ethyl adjacent to an activating group) is 1. The number of carbonyl (C=O) groups excluding carboxylic acids is 1. The van der Waals surface area contributed by atoms with Crippen LogP contribution in [0.5, 0.6) is 0 Å². The summed E-state index contributed by atoms with van der Waals surface area (Å²) in [5, 5.41) is 0. The molecule has 0 unspecified atom stereocenters. The van der Waals surface area contributed by atoms with Crippen LogP contribution >= 0.6 is 0 Å². The fourth-order valence-electron chi connectivity index (χ4n) is 2.59. The highest BCUT2D eigenvalue weighted by Gasteiger charge is 2.17.